The Kier molecular flexibility index (Phi) is 8.66. The number of methoxy groups -OCH3 is 1. The van der Waals surface area contributed by atoms with Crippen molar-refractivity contribution >= 4 is 15.8 Å². The zero-order valence-electron chi connectivity index (χ0n) is 12.7. The van der Waals surface area contributed by atoms with Gasteiger partial charge in [-0.3, -0.25) is 14.3 Å². The van der Waals surface area contributed by atoms with E-state index in [0.29, 0.717) is 26.4 Å². The second-order valence-corrected chi connectivity index (χ2v) is 5.86. The van der Waals surface area contributed by atoms with E-state index in [0.717, 1.165) is 24.3 Å². The van der Waals surface area contributed by atoms with Crippen molar-refractivity contribution < 1.29 is 31.7 Å². The summed E-state index contributed by atoms with van der Waals surface area (Å²) in [4.78, 5) is 9.75. The van der Waals surface area contributed by atoms with Gasteiger partial charge in [-0.25, -0.2) is 0 Å². The van der Waals surface area contributed by atoms with Crippen LogP contribution in [-0.4, -0.2) is 60.1 Å². The average molecular weight is 349 g/mol. The molecule has 0 bridgehead atoms. The third kappa shape index (κ3) is 7.48. The number of nitrogens with zero attached hydrogens (tertiary/aromatic N) is 1. The van der Waals surface area contributed by atoms with Crippen molar-refractivity contribution in [3.63, 3.8) is 0 Å². The van der Waals surface area contributed by atoms with Crippen LogP contribution >= 0.6 is 0 Å². The molecule has 0 aliphatic rings. The number of rotatable bonds is 12. The summed E-state index contributed by atoms with van der Waals surface area (Å²) in [6.45, 7) is 1.57. The molecule has 0 radical (unpaired) electrons. The summed E-state index contributed by atoms with van der Waals surface area (Å²) in [5, 5.41) is 10.5. The molecule has 0 aliphatic carbocycles. The molecule has 0 fully saturated rings. The number of nitro benzene ring substituents is 1. The maximum Gasteiger partial charge on any atom is 0.297 e. The number of hydrogen-bond donors (Lipinski definition) is 0. The van der Waals surface area contributed by atoms with E-state index in [1.165, 1.54) is 0 Å². The molecule has 9 nitrogen and oxygen atoms in total. The first kappa shape index (κ1) is 19.5. The van der Waals surface area contributed by atoms with Gasteiger partial charge in [-0.2, -0.15) is 8.42 Å². The van der Waals surface area contributed by atoms with Crippen molar-refractivity contribution in [2.45, 2.75) is 4.90 Å². The molecule has 0 aromatic heterocycles. The second kappa shape index (κ2) is 10.2. The molecule has 130 valence electrons. The highest BCUT2D eigenvalue weighted by atomic mass is 32.2. The standard InChI is InChI=1S/C13H19NO8S/c1-19-6-7-20-8-9-21-10-11-22-23(17,18)13-4-2-12(3-5-13)14(15)16/h2-5H,6-11H2,1H3. The number of ether oxygens (including phenoxy) is 3. The summed E-state index contributed by atoms with van der Waals surface area (Å²) >= 11 is 0. The minimum absolute atomic E-state index is 0.0832. The van der Waals surface area contributed by atoms with E-state index in [2.05, 4.69) is 0 Å². The van der Waals surface area contributed by atoms with E-state index in [9.17, 15) is 18.5 Å². The molecule has 23 heavy (non-hydrogen) atoms. The van der Waals surface area contributed by atoms with E-state index in [1.807, 2.05) is 0 Å². The van der Waals surface area contributed by atoms with Crippen molar-refractivity contribution in [3.05, 3.63) is 34.4 Å². The molecule has 0 unspecified atom stereocenters. The van der Waals surface area contributed by atoms with Gasteiger partial charge < -0.3 is 14.2 Å². The van der Waals surface area contributed by atoms with Crippen LogP contribution in [0.5, 0.6) is 0 Å². The lowest BCUT2D eigenvalue weighted by molar-refractivity contribution is -0.384. The predicted octanol–water partition coefficient (Wildman–Crippen LogP) is 0.980. The van der Waals surface area contributed by atoms with E-state index >= 15 is 0 Å². The maximum atomic E-state index is 11.8. The highest BCUT2D eigenvalue weighted by Gasteiger charge is 2.16. The Hall–Kier alpha value is -1.59. The van der Waals surface area contributed by atoms with Gasteiger partial charge in [0.15, 0.2) is 0 Å². The molecule has 0 amide bonds. The Morgan fingerprint density at radius 3 is 2.00 bits per heavy atom. The average Bonchev–Trinajstić information content (AvgIpc) is 2.53. The lowest BCUT2D eigenvalue weighted by atomic mass is 10.3. The molecule has 0 spiro atoms. The molecule has 0 atom stereocenters. The fraction of sp³-hybridized carbons (Fsp3) is 0.538. The molecular weight excluding hydrogens is 330 g/mol. The Balaban J connectivity index is 2.26. The summed E-state index contributed by atoms with van der Waals surface area (Å²) in [5.41, 5.74) is -0.194. The van der Waals surface area contributed by atoms with E-state index < -0.39 is 15.0 Å². The highest BCUT2D eigenvalue weighted by Crippen LogP contribution is 2.17. The highest BCUT2D eigenvalue weighted by molar-refractivity contribution is 7.86. The number of benzene rings is 1. The third-order valence-corrected chi connectivity index (χ3v) is 3.93. The van der Waals surface area contributed by atoms with Gasteiger partial charge in [0.05, 0.1) is 49.5 Å². The van der Waals surface area contributed by atoms with Crippen molar-refractivity contribution in [3.8, 4) is 0 Å². The van der Waals surface area contributed by atoms with Crippen molar-refractivity contribution in [1.82, 2.24) is 0 Å². The normalized spacial score (nSPS) is 11.5. The van der Waals surface area contributed by atoms with Crippen LogP contribution in [0.1, 0.15) is 0 Å². The Bertz CT molecular complexity index is 572. The van der Waals surface area contributed by atoms with Crippen LogP contribution in [0.2, 0.25) is 0 Å². The molecule has 0 saturated heterocycles. The smallest absolute Gasteiger partial charge is 0.297 e. The van der Waals surface area contributed by atoms with Crippen LogP contribution in [0, 0.1) is 10.1 Å². The first-order chi connectivity index (χ1) is 11.0. The summed E-state index contributed by atoms with van der Waals surface area (Å²) in [6, 6.07) is 4.45. The SMILES string of the molecule is COCCOCCOCCOS(=O)(=O)c1ccc([N+](=O)[O-])cc1. The van der Waals surface area contributed by atoms with E-state index in [1.54, 1.807) is 7.11 Å². The van der Waals surface area contributed by atoms with Gasteiger partial charge in [0.25, 0.3) is 15.8 Å². The van der Waals surface area contributed by atoms with Gasteiger partial charge in [-0.05, 0) is 12.1 Å². The largest absolute Gasteiger partial charge is 0.382 e. The summed E-state index contributed by atoms with van der Waals surface area (Å²) in [5.74, 6) is 0. The fourth-order valence-corrected chi connectivity index (χ4v) is 2.36. The first-order valence-electron chi connectivity index (χ1n) is 6.75. The number of non-ortho nitro benzene ring substituents is 1. The molecule has 10 heteroatoms. The molecule has 1 rings (SSSR count). The second-order valence-electron chi connectivity index (χ2n) is 4.24. The van der Waals surface area contributed by atoms with Gasteiger partial charge in [0.2, 0.25) is 0 Å². The monoisotopic (exact) mass is 349 g/mol. The molecule has 0 aliphatic heterocycles. The molecule has 0 saturated carbocycles. The molecule has 1 aromatic rings. The summed E-state index contributed by atoms with van der Waals surface area (Å²) in [7, 11) is -2.39. The minimum atomic E-state index is -3.96. The quantitative estimate of drug-likeness (QED) is 0.237. The van der Waals surface area contributed by atoms with Gasteiger partial charge in [-0.1, -0.05) is 0 Å². The number of hydrogen-bond acceptors (Lipinski definition) is 8. The molecule has 1 aromatic carbocycles. The lowest BCUT2D eigenvalue weighted by Crippen LogP contribution is -2.14. The van der Waals surface area contributed by atoms with Crippen LogP contribution in [-0.2, 0) is 28.5 Å². The van der Waals surface area contributed by atoms with Crippen LogP contribution in [0.3, 0.4) is 0 Å². The predicted molar refractivity (Wildman–Crippen MR) is 79.7 cm³/mol. The topological polar surface area (TPSA) is 114 Å². The van der Waals surface area contributed by atoms with Gasteiger partial charge in [-0.15, -0.1) is 0 Å². The van der Waals surface area contributed by atoms with Crippen molar-refractivity contribution in [2.24, 2.45) is 0 Å². The zero-order valence-corrected chi connectivity index (χ0v) is 13.5. The maximum absolute atomic E-state index is 11.8. The summed E-state index contributed by atoms with van der Waals surface area (Å²) < 4.78 is 43.6. The van der Waals surface area contributed by atoms with Crippen LogP contribution in [0.15, 0.2) is 29.2 Å². The molecule has 0 heterocycles. The first-order valence-corrected chi connectivity index (χ1v) is 8.16. The number of nitro groups is 1. The third-order valence-electron chi connectivity index (χ3n) is 2.61. The Labute approximate surface area is 134 Å². The van der Waals surface area contributed by atoms with Crippen molar-refractivity contribution in [1.29, 1.82) is 0 Å². The van der Waals surface area contributed by atoms with Crippen LogP contribution < -0.4 is 0 Å². The van der Waals surface area contributed by atoms with E-state index in [4.69, 9.17) is 18.4 Å². The molecular formula is C13H19NO8S. The Morgan fingerprint density at radius 1 is 0.957 bits per heavy atom. The van der Waals surface area contributed by atoms with Gasteiger partial charge >= 0.3 is 0 Å². The van der Waals surface area contributed by atoms with Crippen molar-refractivity contribution in [2.75, 3.05) is 46.8 Å². The summed E-state index contributed by atoms with van der Waals surface area (Å²) in [6.07, 6.45) is 0. The molecule has 0 N–H and O–H groups in total. The Morgan fingerprint density at radius 2 is 1.48 bits per heavy atom. The van der Waals surface area contributed by atoms with Crippen LogP contribution in [0.25, 0.3) is 0 Å². The zero-order chi connectivity index (χ0) is 17.1. The van der Waals surface area contributed by atoms with Gasteiger partial charge in [0.1, 0.15) is 0 Å². The van der Waals surface area contributed by atoms with Crippen LogP contribution in [0.4, 0.5) is 5.69 Å². The lowest BCUT2D eigenvalue weighted by Gasteiger charge is -2.07. The fourth-order valence-electron chi connectivity index (χ4n) is 1.47. The van der Waals surface area contributed by atoms with E-state index in [-0.39, 0.29) is 23.8 Å². The minimum Gasteiger partial charge on any atom is -0.382 e. The van der Waals surface area contributed by atoms with Gasteiger partial charge in [0, 0.05) is 19.2 Å².